The molecule has 0 saturated carbocycles. The van der Waals surface area contributed by atoms with Crippen molar-refractivity contribution in [3.05, 3.63) is 0 Å². The van der Waals surface area contributed by atoms with Crippen molar-refractivity contribution >= 4 is 9.66 Å². The van der Waals surface area contributed by atoms with Gasteiger partial charge >= 0.3 is 0 Å². The molecule has 32 valence electrons. The molecule has 0 unspecified atom stereocenters. The Bertz CT molecular complexity index is 86.0. The fourth-order valence-electron chi connectivity index (χ4n) is 0. The van der Waals surface area contributed by atoms with Gasteiger partial charge < -0.3 is 0 Å². The highest BCUT2D eigenvalue weighted by Crippen LogP contribution is 2.11. The number of nitrogens with zero attached hydrogens (tertiary/aromatic N) is 1. The third-order valence-electron chi connectivity index (χ3n) is 0. The van der Waals surface area contributed by atoms with Gasteiger partial charge in [0.25, 0.3) is 0 Å². The molecule has 0 aliphatic heterocycles. The van der Waals surface area contributed by atoms with E-state index < -0.39 is 9.66 Å². The maximum absolute atomic E-state index is 8.60. The molecule has 0 spiro atoms. The van der Waals surface area contributed by atoms with Gasteiger partial charge in [-0.3, -0.25) is 0 Å². The van der Waals surface area contributed by atoms with Crippen molar-refractivity contribution in [2.24, 2.45) is 0 Å². The van der Waals surface area contributed by atoms with E-state index in [1.807, 2.05) is 18.8 Å². The highest BCUT2D eigenvalue weighted by atomic mass is 32.2. The standard InChI is InChI=1S/C3H9NS/c1-5(2,3)4/h1-3H3. The van der Waals surface area contributed by atoms with Crippen molar-refractivity contribution in [3.8, 4) is 0 Å². The van der Waals surface area contributed by atoms with E-state index in [4.69, 9.17) is 4.61 Å². The van der Waals surface area contributed by atoms with Crippen molar-refractivity contribution in [2.75, 3.05) is 18.8 Å². The van der Waals surface area contributed by atoms with Crippen LogP contribution in [0.1, 0.15) is 0 Å². The molecule has 1 nitrogen and oxygen atoms in total. The molecule has 0 fully saturated rings. The first-order chi connectivity index (χ1) is 2.00. The summed E-state index contributed by atoms with van der Waals surface area (Å²) in [4.78, 5) is 0. The van der Waals surface area contributed by atoms with Gasteiger partial charge in [-0.15, -0.1) is 0 Å². The molecule has 0 aliphatic rings. The number of hydrogen-bond donors (Lipinski definition) is 0. The Balaban J connectivity index is 3.66. The largest absolute Gasteiger partial charge is 0.231 e. The maximum atomic E-state index is 8.60. The molecular formula is C3H9NS. The van der Waals surface area contributed by atoms with Crippen LogP contribution in [0.4, 0.5) is 0 Å². The Kier molecular flexibility index (Phi) is 1.05. The van der Waals surface area contributed by atoms with Crippen LogP contribution in [0.3, 0.4) is 0 Å². The summed E-state index contributed by atoms with van der Waals surface area (Å²) in [5, 5.41) is 0. The first kappa shape index (κ1) is 5.06. The molecule has 0 heterocycles. The molecule has 0 aromatic carbocycles. The number of rotatable bonds is 0. The summed E-state index contributed by atoms with van der Waals surface area (Å²) in [6.07, 6.45) is 5.48. The zero-order valence-corrected chi connectivity index (χ0v) is 4.67. The normalized spacial score (nSPS) is 11.6. The monoisotopic (exact) mass is 91.0 g/mol. The Labute approximate surface area is 33.9 Å². The van der Waals surface area contributed by atoms with Gasteiger partial charge in [-0.2, -0.15) is 0 Å². The summed E-state index contributed by atoms with van der Waals surface area (Å²) in [5.74, 6) is 0. The van der Waals surface area contributed by atoms with E-state index in [1.165, 1.54) is 0 Å². The Morgan fingerprint density at radius 3 is 1.20 bits per heavy atom. The van der Waals surface area contributed by atoms with Crippen LogP contribution in [0.2, 0.25) is 0 Å². The SMILES string of the molecule is CS(C)(C)#N. The molecule has 0 bridgehead atoms. The smallest absolute Gasteiger partial charge is 0.00428 e. The molecule has 2 heteroatoms. The van der Waals surface area contributed by atoms with Crippen LogP contribution in [-0.2, 0) is 0 Å². The first-order valence-electron chi connectivity index (χ1n) is 1.41. The third kappa shape index (κ3) is 4790. The quantitative estimate of drug-likeness (QED) is 0.439. The molecule has 0 aromatic heterocycles. The van der Waals surface area contributed by atoms with Crippen molar-refractivity contribution in [1.29, 1.82) is 4.61 Å². The third-order valence-corrected chi connectivity index (χ3v) is 0. The van der Waals surface area contributed by atoms with Gasteiger partial charge in [0.05, 0.1) is 0 Å². The molecule has 0 aromatic rings. The molecule has 5 heavy (non-hydrogen) atoms. The van der Waals surface area contributed by atoms with Gasteiger partial charge in [-0.1, -0.05) is 9.66 Å². The van der Waals surface area contributed by atoms with Crippen LogP contribution >= 0.6 is 9.66 Å². The topological polar surface area (TPSA) is 23.8 Å². The van der Waals surface area contributed by atoms with E-state index >= 15 is 0 Å². The lowest BCUT2D eigenvalue weighted by atomic mass is 11.9. The molecule has 0 rings (SSSR count). The lowest BCUT2D eigenvalue weighted by Crippen LogP contribution is -1.64. The van der Waals surface area contributed by atoms with Crippen LogP contribution < -0.4 is 0 Å². The van der Waals surface area contributed by atoms with Gasteiger partial charge in [0.2, 0.25) is 0 Å². The van der Waals surface area contributed by atoms with Crippen molar-refractivity contribution in [3.63, 3.8) is 0 Å². The van der Waals surface area contributed by atoms with Crippen molar-refractivity contribution in [2.45, 2.75) is 0 Å². The van der Waals surface area contributed by atoms with E-state index in [1.54, 1.807) is 0 Å². The molecule has 0 atom stereocenters. The van der Waals surface area contributed by atoms with E-state index in [0.717, 1.165) is 0 Å². The summed E-state index contributed by atoms with van der Waals surface area (Å²) < 4.78 is 8.60. The van der Waals surface area contributed by atoms with Gasteiger partial charge in [-0.25, -0.2) is 4.61 Å². The average Bonchev–Trinajstić information content (AvgIpc) is 0.722. The Morgan fingerprint density at radius 1 is 1.20 bits per heavy atom. The summed E-state index contributed by atoms with van der Waals surface area (Å²) in [6, 6.07) is 0. The first-order valence-corrected chi connectivity index (χ1v) is 4.22. The predicted octanol–water partition coefficient (Wildman–Crippen LogP) is 1.16. The van der Waals surface area contributed by atoms with E-state index in [9.17, 15) is 0 Å². The van der Waals surface area contributed by atoms with Crippen LogP contribution in [0.25, 0.3) is 0 Å². The minimum atomic E-state index is -1.17. The number of hydrogen-bond acceptors (Lipinski definition) is 1. The Hall–Kier alpha value is 0.0600. The lowest BCUT2D eigenvalue weighted by molar-refractivity contribution is 1.63. The van der Waals surface area contributed by atoms with E-state index in [2.05, 4.69) is 0 Å². The summed E-state index contributed by atoms with van der Waals surface area (Å²) in [5.41, 5.74) is 0. The highest BCUT2D eigenvalue weighted by molar-refractivity contribution is 8.19. The van der Waals surface area contributed by atoms with Crippen molar-refractivity contribution in [1.82, 2.24) is 0 Å². The van der Waals surface area contributed by atoms with Gasteiger partial charge in [0.15, 0.2) is 0 Å². The molecule has 0 amide bonds. The minimum absolute atomic E-state index is 1.17. The fourth-order valence-corrected chi connectivity index (χ4v) is 0. The van der Waals surface area contributed by atoms with Gasteiger partial charge in [0.1, 0.15) is 0 Å². The fraction of sp³-hybridized carbons (Fsp3) is 1.00. The van der Waals surface area contributed by atoms with Crippen LogP contribution in [0.15, 0.2) is 0 Å². The minimum Gasteiger partial charge on any atom is -0.231 e. The van der Waals surface area contributed by atoms with E-state index in [0.29, 0.717) is 0 Å². The molecule has 0 radical (unpaired) electrons. The molecule has 0 aliphatic carbocycles. The summed E-state index contributed by atoms with van der Waals surface area (Å²) >= 11 is 0. The maximum Gasteiger partial charge on any atom is -0.00428 e. The highest BCUT2D eigenvalue weighted by Gasteiger charge is 1.78. The predicted molar refractivity (Wildman–Crippen MR) is 27.1 cm³/mol. The zero-order valence-electron chi connectivity index (χ0n) is 3.86. The second kappa shape index (κ2) is 1.04. The zero-order chi connectivity index (χ0) is 4.50. The molecule has 0 saturated heterocycles. The van der Waals surface area contributed by atoms with Gasteiger partial charge in [-0.05, 0) is 18.8 Å². The average molecular weight is 91.2 g/mol. The molecular weight excluding hydrogens is 82.1 g/mol. The second-order valence-electron chi connectivity index (χ2n) is 1.77. The van der Waals surface area contributed by atoms with E-state index in [-0.39, 0.29) is 0 Å². The van der Waals surface area contributed by atoms with Crippen molar-refractivity contribution < 1.29 is 0 Å². The summed E-state index contributed by atoms with van der Waals surface area (Å²) in [6.45, 7) is 0. The van der Waals surface area contributed by atoms with Crippen LogP contribution in [0, 0.1) is 4.61 Å². The van der Waals surface area contributed by atoms with Crippen LogP contribution in [0.5, 0.6) is 0 Å². The lowest BCUT2D eigenvalue weighted by Gasteiger charge is -1.88. The Morgan fingerprint density at radius 2 is 1.20 bits per heavy atom. The van der Waals surface area contributed by atoms with Gasteiger partial charge in [0, 0.05) is 0 Å². The van der Waals surface area contributed by atoms with Crippen LogP contribution in [-0.4, -0.2) is 18.8 Å². The molecule has 0 N–H and O–H groups in total. The second-order valence-corrected chi connectivity index (χ2v) is 5.32. The summed E-state index contributed by atoms with van der Waals surface area (Å²) in [7, 11) is -1.17.